The Morgan fingerprint density at radius 1 is 0.969 bits per heavy atom. The van der Waals surface area contributed by atoms with Gasteiger partial charge in [0, 0.05) is 0 Å². The molecule has 0 radical (unpaired) electrons. The highest BCUT2D eigenvalue weighted by atomic mass is 32.1. The van der Waals surface area contributed by atoms with Gasteiger partial charge in [0.15, 0.2) is 0 Å². The number of thiophene rings is 1. The third-order valence-electron chi connectivity index (χ3n) is 5.02. The lowest BCUT2D eigenvalue weighted by Gasteiger charge is -2.14. The molecule has 0 aliphatic heterocycles. The van der Waals surface area contributed by atoms with Crippen molar-refractivity contribution < 1.29 is 14.3 Å². The van der Waals surface area contributed by atoms with E-state index < -0.39 is 11.6 Å². The number of ether oxygens (including phenoxy) is 2. The molecule has 1 amide bonds. The van der Waals surface area contributed by atoms with Crippen molar-refractivity contribution in [2.24, 2.45) is 0 Å². The number of hydrogen-bond donors (Lipinski definition) is 1. The van der Waals surface area contributed by atoms with E-state index in [1.807, 2.05) is 0 Å². The zero-order valence-electron chi connectivity index (χ0n) is 17.5. The summed E-state index contributed by atoms with van der Waals surface area (Å²) in [7, 11) is 3.08. The predicted molar refractivity (Wildman–Crippen MR) is 124 cm³/mol. The van der Waals surface area contributed by atoms with Crippen LogP contribution in [0.1, 0.15) is 5.56 Å². The van der Waals surface area contributed by atoms with Crippen molar-refractivity contribution in [2.75, 3.05) is 19.5 Å². The first-order valence-electron chi connectivity index (χ1n) is 9.78. The van der Waals surface area contributed by atoms with Crippen LogP contribution in [0.4, 0.5) is 5.69 Å². The number of rotatable bonds is 7. The van der Waals surface area contributed by atoms with Crippen molar-refractivity contribution in [3.8, 4) is 11.5 Å². The van der Waals surface area contributed by atoms with Gasteiger partial charge in [-0.15, -0.1) is 11.3 Å². The summed E-state index contributed by atoms with van der Waals surface area (Å²) < 4.78 is 13.3. The topological polar surface area (TPSA) is 91.6 Å². The first-order chi connectivity index (χ1) is 15.5. The van der Waals surface area contributed by atoms with Crippen LogP contribution in [0.2, 0.25) is 0 Å². The van der Waals surface area contributed by atoms with Gasteiger partial charge >= 0.3 is 5.69 Å². The summed E-state index contributed by atoms with van der Waals surface area (Å²) in [5, 5.41) is 4.50. The lowest BCUT2D eigenvalue weighted by atomic mass is 10.2. The molecule has 0 bridgehead atoms. The van der Waals surface area contributed by atoms with E-state index in [1.54, 1.807) is 67.1 Å². The number of carbonyl (C=O) groups excluding carboxylic acids is 1. The van der Waals surface area contributed by atoms with Gasteiger partial charge in [0.2, 0.25) is 5.91 Å². The largest absolute Gasteiger partial charge is 0.497 e. The maximum atomic E-state index is 13.2. The molecule has 4 aromatic rings. The third kappa shape index (κ3) is 4.15. The molecule has 0 aliphatic carbocycles. The van der Waals surface area contributed by atoms with Crippen LogP contribution in [0.3, 0.4) is 0 Å². The summed E-state index contributed by atoms with van der Waals surface area (Å²) in [6.45, 7) is -0.156. The molecule has 0 fully saturated rings. The fourth-order valence-corrected chi connectivity index (χ4v) is 4.26. The molecule has 0 saturated heterocycles. The van der Waals surface area contributed by atoms with Gasteiger partial charge in [0.1, 0.15) is 22.7 Å². The molecule has 0 spiro atoms. The molecule has 0 atom stereocenters. The third-order valence-corrected chi connectivity index (χ3v) is 5.91. The molecule has 0 saturated carbocycles. The number of para-hydroxylation sites is 2. The standard InChI is InChI=1S/C23H21N3O5S/c1-30-16-9-7-15(8-10-16)13-26-22(28)21-18(11-12-32-21)25(23(26)29)14-20(27)24-17-5-3-4-6-19(17)31-2/h3-12H,13-14H2,1-2H3,(H,24,27). The number of nitrogens with one attached hydrogen (secondary N) is 1. The van der Waals surface area contributed by atoms with Crippen molar-refractivity contribution in [1.82, 2.24) is 9.13 Å². The minimum atomic E-state index is -0.549. The van der Waals surface area contributed by atoms with Gasteiger partial charge in [-0.25, -0.2) is 4.79 Å². The number of methoxy groups -OCH3 is 2. The smallest absolute Gasteiger partial charge is 0.332 e. The van der Waals surface area contributed by atoms with E-state index in [-0.39, 0.29) is 18.6 Å². The first-order valence-corrected chi connectivity index (χ1v) is 10.7. The van der Waals surface area contributed by atoms with Crippen molar-refractivity contribution >= 4 is 33.1 Å². The van der Waals surface area contributed by atoms with E-state index in [1.165, 1.54) is 23.0 Å². The quantitative estimate of drug-likeness (QED) is 0.467. The Morgan fingerprint density at radius 2 is 1.72 bits per heavy atom. The normalized spacial score (nSPS) is 10.8. The van der Waals surface area contributed by atoms with Crippen LogP contribution in [0.15, 0.2) is 69.6 Å². The van der Waals surface area contributed by atoms with E-state index >= 15 is 0 Å². The minimum absolute atomic E-state index is 0.0869. The maximum Gasteiger partial charge on any atom is 0.332 e. The van der Waals surface area contributed by atoms with Gasteiger partial charge in [0.05, 0.1) is 32.0 Å². The Labute approximate surface area is 187 Å². The number of carbonyl (C=O) groups is 1. The molecule has 0 unspecified atom stereocenters. The summed E-state index contributed by atoms with van der Waals surface area (Å²) >= 11 is 1.24. The van der Waals surface area contributed by atoms with Crippen LogP contribution >= 0.6 is 11.3 Å². The molecule has 2 aromatic heterocycles. The summed E-state index contributed by atoms with van der Waals surface area (Å²) in [6.07, 6.45) is 0. The molecule has 9 heteroatoms. The number of amides is 1. The molecule has 2 heterocycles. The Hall–Kier alpha value is -3.85. The average molecular weight is 452 g/mol. The number of nitrogens with zero attached hydrogens (tertiary/aromatic N) is 2. The van der Waals surface area contributed by atoms with Crippen molar-refractivity contribution in [3.05, 3.63) is 86.4 Å². The van der Waals surface area contributed by atoms with Crippen LogP contribution in [-0.4, -0.2) is 29.3 Å². The molecule has 4 rings (SSSR count). The van der Waals surface area contributed by atoms with Crippen molar-refractivity contribution in [1.29, 1.82) is 0 Å². The Bertz CT molecular complexity index is 1390. The number of aromatic nitrogens is 2. The molecule has 0 aliphatic rings. The van der Waals surface area contributed by atoms with Crippen LogP contribution in [0.25, 0.3) is 10.2 Å². The number of fused-ring (bicyclic) bond motifs is 1. The highest BCUT2D eigenvalue weighted by molar-refractivity contribution is 7.17. The lowest BCUT2D eigenvalue weighted by molar-refractivity contribution is -0.116. The maximum absolute atomic E-state index is 13.2. The fourth-order valence-electron chi connectivity index (χ4n) is 3.42. The highest BCUT2D eigenvalue weighted by Gasteiger charge is 2.17. The fraction of sp³-hybridized carbons (Fsp3) is 0.174. The van der Waals surface area contributed by atoms with Gasteiger partial charge in [-0.05, 0) is 41.3 Å². The monoisotopic (exact) mass is 451 g/mol. The van der Waals surface area contributed by atoms with E-state index in [0.29, 0.717) is 27.4 Å². The van der Waals surface area contributed by atoms with Crippen LogP contribution in [0, 0.1) is 0 Å². The second-order valence-corrected chi connectivity index (χ2v) is 7.91. The summed E-state index contributed by atoms with van der Waals surface area (Å²) in [4.78, 5) is 39.0. The van der Waals surface area contributed by atoms with Gasteiger partial charge in [0.25, 0.3) is 5.56 Å². The van der Waals surface area contributed by atoms with Crippen LogP contribution in [0.5, 0.6) is 11.5 Å². The Kier molecular flexibility index (Phi) is 6.09. The average Bonchev–Trinajstić information content (AvgIpc) is 3.30. The predicted octanol–water partition coefficient (Wildman–Crippen LogP) is 2.93. The lowest BCUT2D eigenvalue weighted by Crippen LogP contribution is -2.41. The molecule has 164 valence electrons. The summed E-state index contributed by atoms with van der Waals surface area (Å²) in [6, 6.07) is 15.8. The van der Waals surface area contributed by atoms with Crippen molar-refractivity contribution in [3.63, 3.8) is 0 Å². The second-order valence-electron chi connectivity index (χ2n) is 6.99. The van der Waals surface area contributed by atoms with Gasteiger partial charge in [-0.3, -0.25) is 18.7 Å². The molecule has 1 N–H and O–H groups in total. The number of anilines is 1. The van der Waals surface area contributed by atoms with Crippen LogP contribution < -0.4 is 26.0 Å². The molecular weight excluding hydrogens is 430 g/mol. The van der Waals surface area contributed by atoms with Crippen LogP contribution in [-0.2, 0) is 17.9 Å². The van der Waals surface area contributed by atoms with E-state index in [2.05, 4.69) is 5.32 Å². The van der Waals surface area contributed by atoms with Crippen molar-refractivity contribution in [2.45, 2.75) is 13.1 Å². The summed E-state index contributed by atoms with van der Waals surface area (Å²) in [5.74, 6) is 0.789. The molecule has 2 aromatic carbocycles. The Morgan fingerprint density at radius 3 is 2.44 bits per heavy atom. The van der Waals surface area contributed by atoms with E-state index in [9.17, 15) is 14.4 Å². The molecule has 8 nitrogen and oxygen atoms in total. The summed E-state index contributed by atoms with van der Waals surface area (Å²) in [5.41, 5.74) is 0.780. The van der Waals surface area contributed by atoms with Gasteiger partial charge in [-0.1, -0.05) is 24.3 Å². The van der Waals surface area contributed by atoms with Gasteiger partial charge < -0.3 is 14.8 Å². The first kappa shape index (κ1) is 21.4. The second kappa shape index (κ2) is 9.11. The number of benzene rings is 2. The van der Waals surface area contributed by atoms with E-state index in [0.717, 1.165) is 10.1 Å². The molecular formula is C23H21N3O5S. The Balaban J connectivity index is 1.69. The molecule has 32 heavy (non-hydrogen) atoms. The zero-order chi connectivity index (χ0) is 22.7. The van der Waals surface area contributed by atoms with E-state index in [4.69, 9.17) is 9.47 Å². The zero-order valence-corrected chi connectivity index (χ0v) is 18.3. The van der Waals surface area contributed by atoms with Gasteiger partial charge in [-0.2, -0.15) is 0 Å². The highest BCUT2D eigenvalue weighted by Crippen LogP contribution is 2.23. The SMILES string of the molecule is COc1ccc(Cn2c(=O)c3sccc3n(CC(=O)Nc3ccccc3OC)c2=O)cc1. The number of hydrogen-bond acceptors (Lipinski definition) is 6. The minimum Gasteiger partial charge on any atom is -0.497 e.